The van der Waals surface area contributed by atoms with Crippen LogP contribution in [0, 0.1) is 11.7 Å². The van der Waals surface area contributed by atoms with Crippen LogP contribution in [0.25, 0.3) is 0 Å². The Bertz CT molecular complexity index is 911. The standard InChI is InChI=1S/C22H21FN2O2S/c23-17-1-5-19(6-2-17)27-20-7-3-18(4-8-20)25-22(26)21-12-16(13-24-21)11-15-9-10-28-14-15/h1-10,14,16,21,24H,11-13H2,(H,25,26)/t16-,21+/m1/s1. The third-order valence-corrected chi connectivity index (χ3v) is 5.55. The van der Waals surface area contributed by atoms with E-state index >= 15 is 0 Å². The molecule has 6 heteroatoms. The molecule has 0 spiro atoms. The summed E-state index contributed by atoms with van der Waals surface area (Å²) in [5.74, 6) is 1.35. The molecule has 0 unspecified atom stereocenters. The molecule has 2 N–H and O–H groups in total. The third-order valence-electron chi connectivity index (χ3n) is 4.81. The van der Waals surface area contributed by atoms with E-state index in [2.05, 4.69) is 27.5 Å². The van der Waals surface area contributed by atoms with Crippen molar-refractivity contribution in [2.24, 2.45) is 5.92 Å². The monoisotopic (exact) mass is 396 g/mol. The van der Waals surface area contributed by atoms with Crippen LogP contribution in [-0.2, 0) is 11.2 Å². The number of hydrogen-bond donors (Lipinski definition) is 2. The Morgan fingerprint density at radius 1 is 1.11 bits per heavy atom. The van der Waals surface area contributed by atoms with Crippen LogP contribution < -0.4 is 15.4 Å². The van der Waals surface area contributed by atoms with Gasteiger partial charge in [-0.15, -0.1) is 0 Å². The molecule has 1 aliphatic rings. The van der Waals surface area contributed by atoms with Crippen molar-refractivity contribution < 1.29 is 13.9 Å². The van der Waals surface area contributed by atoms with E-state index in [9.17, 15) is 9.18 Å². The zero-order chi connectivity index (χ0) is 19.3. The number of amides is 1. The van der Waals surface area contributed by atoms with Crippen molar-refractivity contribution in [3.05, 3.63) is 76.7 Å². The molecule has 1 aromatic heterocycles. The summed E-state index contributed by atoms with van der Waals surface area (Å²) in [6, 6.07) is 15.0. The molecular weight excluding hydrogens is 375 g/mol. The fourth-order valence-electron chi connectivity index (χ4n) is 3.38. The molecule has 2 heterocycles. The number of hydrogen-bond acceptors (Lipinski definition) is 4. The second-order valence-electron chi connectivity index (χ2n) is 6.97. The van der Waals surface area contributed by atoms with Gasteiger partial charge in [0.1, 0.15) is 17.3 Å². The number of nitrogens with one attached hydrogen (secondary N) is 2. The fourth-order valence-corrected chi connectivity index (χ4v) is 4.06. The second-order valence-corrected chi connectivity index (χ2v) is 7.75. The second kappa shape index (κ2) is 8.54. The van der Waals surface area contributed by atoms with Crippen molar-refractivity contribution >= 4 is 22.9 Å². The molecule has 2 atom stereocenters. The van der Waals surface area contributed by atoms with Crippen molar-refractivity contribution in [2.45, 2.75) is 18.9 Å². The van der Waals surface area contributed by atoms with Crippen LogP contribution in [-0.4, -0.2) is 18.5 Å². The van der Waals surface area contributed by atoms with Crippen LogP contribution in [0.15, 0.2) is 65.4 Å². The third kappa shape index (κ3) is 4.77. The van der Waals surface area contributed by atoms with Gasteiger partial charge in [0.15, 0.2) is 0 Å². The summed E-state index contributed by atoms with van der Waals surface area (Å²) in [5.41, 5.74) is 2.06. The summed E-state index contributed by atoms with van der Waals surface area (Å²) >= 11 is 1.71. The molecule has 0 bridgehead atoms. The lowest BCUT2D eigenvalue weighted by Crippen LogP contribution is -2.35. The zero-order valence-electron chi connectivity index (χ0n) is 15.2. The lowest BCUT2D eigenvalue weighted by molar-refractivity contribution is -0.117. The number of rotatable bonds is 6. The molecule has 28 heavy (non-hydrogen) atoms. The summed E-state index contributed by atoms with van der Waals surface area (Å²) in [6.07, 6.45) is 1.85. The van der Waals surface area contributed by atoms with E-state index in [1.807, 2.05) is 0 Å². The van der Waals surface area contributed by atoms with E-state index in [0.717, 1.165) is 25.1 Å². The van der Waals surface area contributed by atoms with Gasteiger partial charge in [0, 0.05) is 5.69 Å². The number of ether oxygens (including phenoxy) is 1. The highest BCUT2D eigenvalue weighted by atomic mass is 32.1. The average molecular weight is 396 g/mol. The summed E-state index contributed by atoms with van der Waals surface area (Å²) in [6.45, 7) is 0.860. The van der Waals surface area contributed by atoms with Crippen LogP contribution in [0.3, 0.4) is 0 Å². The van der Waals surface area contributed by atoms with Crippen molar-refractivity contribution in [1.29, 1.82) is 0 Å². The topological polar surface area (TPSA) is 50.4 Å². The summed E-state index contributed by atoms with van der Waals surface area (Å²) in [5, 5.41) is 10.5. The normalized spacial score (nSPS) is 18.8. The van der Waals surface area contributed by atoms with Gasteiger partial charge >= 0.3 is 0 Å². The highest BCUT2D eigenvalue weighted by Crippen LogP contribution is 2.24. The maximum Gasteiger partial charge on any atom is 0.241 e. The van der Waals surface area contributed by atoms with Gasteiger partial charge in [-0.1, -0.05) is 0 Å². The van der Waals surface area contributed by atoms with Crippen molar-refractivity contribution in [3.63, 3.8) is 0 Å². The molecule has 0 saturated carbocycles. The Hall–Kier alpha value is -2.70. The van der Waals surface area contributed by atoms with Crippen molar-refractivity contribution in [2.75, 3.05) is 11.9 Å². The van der Waals surface area contributed by atoms with Gasteiger partial charge in [-0.3, -0.25) is 4.79 Å². The van der Waals surface area contributed by atoms with Crippen molar-refractivity contribution in [1.82, 2.24) is 5.32 Å². The van der Waals surface area contributed by atoms with Crippen molar-refractivity contribution in [3.8, 4) is 11.5 Å². The van der Waals surface area contributed by atoms with Gasteiger partial charge in [-0.25, -0.2) is 4.39 Å². The molecule has 1 fully saturated rings. The molecule has 3 aromatic rings. The maximum absolute atomic E-state index is 12.9. The number of halogens is 1. The number of thiophene rings is 1. The van der Waals surface area contributed by atoms with Crippen LogP contribution in [0.2, 0.25) is 0 Å². The number of carbonyl (C=O) groups is 1. The summed E-state index contributed by atoms with van der Waals surface area (Å²) < 4.78 is 18.6. The minimum atomic E-state index is -0.302. The Kier molecular flexibility index (Phi) is 5.69. The zero-order valence-corrected chi connectivity index (χ0v) is 16.0. The molecule has 2 aromatic carbocycles. The van der Waals surface area contributed by atoms with E-state index in [-0.39, 0.29) is 17.8 Å². The molecule has 1 amide bonds. The molecule has 144 valence electrons. The average Bonchev–Trinajstić information content (AvgIpc) is 3.38. The first-order valence-electron chi connectivity index (χ1n) is 9.24. The molecule has 0 aliphatic carbocycles. The molecular formula is C22H21FN2O2S. The number of carbonyl (C=O) groups excluding carboxylic acids is 1. The first-order chi connectivity index (χ1) is 13.7. The highest BCUT2D eigenvalue weighted by Gasteiger charge is 2.29. The van der Waals surface area contributed by atoms with E-state index in [1.165, 1.54) is 17.7 Å². The molecule has 0 radical (unpaired) electrons. The van der Waals surface area contributed by atoms with E-state index in [0.29, 0.717) is 17.4 Å². The van der Waals surface area contributed by atoms with E-state index in [1.54, 1.807) is 47.7 Å². The predicted molar refractivity (Wildman–Crippen MR) is 109 cm³/mol. The van der Waals surface area contributed by atoms with Gasteiger partial charge in [-0.05, 0) is 96.2 Å². The van der Waals surface area contributed by atoms with Crippen LogP contribution >= 0.6 is 11.3 Å². The van der Waals surface area contributed by atoms with Gasteiger partial charge < -0.3 is 15.4 Å². The predicted octanol–water partition coefficient (Wildman–Crippen LogP) is 4.84. The van der Waals surface area contributed by atoms with E-state index < -0.39 is 0 Å². The van der Waals surface area contributed by atoms with Gasteiger partial charge in [-0.2, -0.15) is 11.3 Å². The highest BCUT2D eigenvalue weighted by molar-refractivity contribution is 7.07. The quantitative estimate of drug-likeness (QED) is 0.627. The van der Waals surface area contributed by atoms with Crippen LogP contribution in [0.4, 0.5) is 10.1 Å². The lowest BCUT2D eigenvalue weighted by Gasteiger charge is -2.12. The van der Waals surface area contributed by atoms with Gasteiger partial charge in [0.2, 0.25) is 5.91 Å². The van der Waals surface area contributed by atoms with Gasteiger partial charge in [0.25, 0.3) is 0 Å². The summed E-state index contributed by atoms with van der Waals surface area (Å²) in [4.78, 5) is 12.5. The van der Waals surface area contributed by atoms with Crippen LogP contribution in [0.1, 0.15) is 12.0 Å². The minimum absolute atomic E-state index is 0.0139. The number of benzene rings is 2. The molecule has 4 rings (SSSR count). The number of anilines is 1. The minimum Gasteiger partial charge on any atom is -0.457 e. The Morgan fingerprint density at radius 3 is 2.50 bits per heavy atom. The first kappa shape index (κ1) is 18.7. The Balaban J connectivity index is 1.29. The first-order valence-corrected chi connectivity index (χ1v) is 10.2. The largest absolute Gasteiger partial charge is 0.457 e. The fraction of sp³-hybridized carbons (Fsp3) is 0.227. The SMILES string of the molecule is O=C(Nc1ccc(Oc2ccc(F)cc2)cc1)[C@@H]1C[C@@H](Cc2ccsc2)CN1. The summed E-state index contributed by atoms with van der Waals surface area (Å²) in [7, 11) is 0. The van der Waals surface area contributed by atoms with E-state index in [4.69, 9.17) is 4.74 Å². The molecule has 1 aliphatic heterocycles. The van der Waals surface area contributed by atoms with Crippen LogP contribution in [0.5, 0.6) is 11.5 Å². The Morgan fingerprint density at radius 2 is 1.82 bits per heavy atom. The molecule has 4 nitrogen and oxygen atoms in total. The maximum atomic E-state index is 12.9. The van der Waals surface area contributed by atoms with Gasteiger partial charge in [0.05, 0.1) is 6.04 Å². The molecule has 1 saturated heterocycles. The lowest BCUT2D eigenvalue weighted by atomic mass is 9.98. The Labute approximate surface area is 167 Å². The smallest absolute Gasteiger partial charge is 0.241 e.